The van der Waals surface area contributed by atoms with E-state index in [1.54, 1.807) is 19.4 Å². The predicted octanol–water partition coefficient (Wildman–Crippen LogP) is 2.65. The normalized spacial score (nSPS) is 12.5. The third-order valence-electron chi connectivity index (χ3n) is 3.61. The van der Waals surface area contributed by atoms with E-state index in [1.807, 2.05) is 18.2 Å². The maximum absolute atomic E-state index is 5.60. The molecule has 0 radical (unpaired) electrons. The van der Waals surface area contributed by atoms with Gasteiger partial charge in [-0.25, -0.2) is 0 Å². The van der Waals surface area contributed by atoms with Crippen molar-refractivity contribution < 1.29 is 4.74 Å². The van der Waals surface area contributed by atoms with Crippen molar-refractivity contribution in [2.75, 3.05) is 20.2 Å². The van der Waals surface area contributed by atoms with Gasteiger partial charge in [0, 0.05) is 19.3 Å². The van der Waals surface area contributed by atoms with Gasteiger partial charge in [-0.2, -0.15) is 0 Å². The summed E-state index contributed by atoms with van der Waals surface area (Å²) in [6, 6.07) is 14.6. The summed E-state index contributed by atoms with van der Waals surface area (Å²) in [6.07, 6.45) is 5.54. The lowest BCUT2D eigenvalue weighted by Gasteiger charge is -2.18. The van der Waals surface area contributed by atoms with Gasteiger partial charge in [0.2, 0.25) is 0 Å². The first-order chi connectivity index (χ1) is 11.8. The van der Waals surface area contributed by atoms with Gasteiger partial charge >= 0.3 is 0 Å². The fourth-order valence-corrected chi connectivity index (χ4v) is 2.30. The summed E-state index contributed by atoms with van der Waals surface area (Å²) in [5.74, 6) is 1.57. The van der Waals surface area contributed by atoms with E-state index in [1.165, 1.54) is 5.56 Å². The Morgan fingerprint density at radius 3 is 2.75 bits per heavy atom. The monoisotopic (exact) mass is 326 g/mol. The predicted molar refractivity (Wildman–Crippen MR) is 98.5 cm³/mol. The maximum atomic E-state index is 5.60. The summed E-state index contributed by atoms with van der Waals surface area (Å²) in [4.78, 5) is 8.27. The Balaban J connectivity index is 1.64. The Labute approximate surface area is 144 Å². The van der Waals surface area contributed by atoms with Gasteiger partial charge in [0.05, 0.1) is 12.7 Å². The second-order valence-electron chi connectivity index (χ2n) is 5.61. The fourth-order valence-electron chi connectivity index (χ4n) is 2.30. The van der Waals surface area contributed by atoms with Crippen molar-refractivity contribution in [3.63, 3.8) is 0 Å². The molecule has 1 heterocycles. The maximum Gasteiger partial charge on any atom is 0.191 e. The van der Waals surface area contributed by atoms with Crippen LogP contribution in [0.2, 0.25) is 0 Å². The molecule has 0 aliphatic heterocycles. The number of hydrogen-bond acceptors (Lipinski definition) is 3. The summed E-state index contributed by atoms with van der Waals surface area (Å²) in [6.45, 7) is 3.41. The Kier molecular flexibility index (Phi) is 7.60. The molecule has 2 N–H and O–H groups in total. The van der Waals surface area contributed by atoms with E-state index >= 15 is 0 Å². The standard InChI is InChI=1S/C19H26N4O/c1-16(10-11-17-7-4-3-5-8-17)23-19(20-2)22-13-14-24-18-9-6-12-21-15-18/h3-9,12,15-16H,10-11,13-14H2,1-2H3,(H2,20,22,23). The van der Waals surface area contributed by atoms with E-state index in [2.05, 4.69) is 51.8 Å². The average Bonchev–Trinajstić information content (AvgIpc) is 2.64. The molecule has 1 aromatic heterocycles. The molecular formula is C19H26N4O. The molecule has 128 valence electrons. The van der Waals surface area contributed by atoms with Gasteiger partial charge in [-0.05, 0) is 37.5 Å². The molecule has 5 nitrogen and oxygen atoms in total. The zero-order valence-electron chi connectivity index (χ0n) is 14.4. The van der Waals surface area contributed by atoms with Gasteiger partial charge in [-0.15, -0.1) is 0 Å². The van der Waals surface area contributed by atoms with Gasteiger partial charge in [-0.3, -0.25) is 9.98 Å². The van der Waals surface area contributed by atoms with E-state index < -0.39 is 0 Å². The van der Waals surface area contributed by atoms with Crippen molar-refractivity contribution in [3.8, 4) is 5.75 Å². The number of benzene rings is 1. The average molecular weight is 326 g/mol. The molecule has 2 rings (SSSR count). The highest BCUT2D eigenvalue weighted by Crippen LogP contribution is 2.05. The Hall–Kier alpha value is -2.56. The number of aryl methyl sites for hydroxylation is 1. The second-order valence-corrected chi connectivity index (χ2v) is 5.61. The molecule has 0 saturated heterocycles. The molecule has 2 aromatic rings. The van der Waals surface area contributed by atoms with Crippen LogP contribution < -0.4 is 15.4 Å². The molecule has 0 aliphatic rings. The van der Waals surface area contributed by atoms with Crippen LogP contribution in [0.4, 0.5) is 0 Å². The highest BCUT2D eigenvalue weighted by atomic mass is 16.5. The van der Waals surface area contributed by atoms with Crippen molar-refractivity contribution in [3.05, 3.63) is 60.4 Å². The van der Waals surface area contributed by atoms with Crippen LogP contribution in [0.25, 0.3) is 0 Å². The zero-order valence-corrected chi connectivity index (χ0v) is 14.4. The van der Waals surface area contributed by atoms with Gasteiger partial charge < -0.3 is 15.4 Å². The van der Waals surface area contributed by atoms with Crippen LogP contribution in [0.5, 0.6) is 5.75 Å². The van der Waals surface area contributed by atoms with E-state index in [4.69, 9.17) is 4.74 Å². The smallest absolute Gasteiger partial charge is 0.191 e. The number of pyridine rings is 1. The van der Waals surface area contributed by atoms with Crippen LogP contribution in [-0.2, 0) is 6.42 Å². The van der Waals surface area contributed by atoms with Gasteiger partial charge in [0.1, 0.15) is 12.4 Å². The minimum Gasteiger partial charge on any atom is -0.490 e. The molecular weight excluding hydrogens is 300 g/mol. The van der Waals surface area contributed by atoms with Crippen LogP contribution in [0.15, 0.2) is 59.9 Å². The number of guanidine groups is 1. The molecule has 0 bridgehead atoms. The number of nitrogens with one attached hydrogen (secondary N) is 2. The number of aromatic nitrogens is 1. The first kappa shape index (κ1) is 17.8. The quantitative estimate of drug-likeness (QED) is 0.445. The zero-order chi connectivity index (χ0) is 17.0. The van der Waals surface area contributed by atoms with E-state index in [0.29, 0.717) is 19.2 Å². The molecule has 1 aromatic carbocycles. The van der Waals surface area contributed by atoms with Crippen molar-refractivity contribution in [1.29, 1.82) is 0 Å². The number of aliphatic imine (C=N–C) groups is 1. The minimum atomic E-state index is 0.343. The first-order valence-electron chi connectivity index (χ1n) is 8.32. The molecule has 0 saturated carbocycles. The lowest BCUT2D eigenvalue weighted by molar-refractivity contribution is 0.320. The van der Waals surface area contributed by atoms with Crippen LogP contribution in [0.3, 0.4) is 0 Å². The number of nitrogens with zero attached hydrogens (tertiary/aromatic N) is 2. The highest BCUT2D eigenvalue weighted by Gasteiger charge is 2.05. The largest absolute Gasteiger partial charge is 0.490 e. The topological polar surface area (TPSA) is 58.5 Å². The summed E-state index contributed by atoms with van der Waals surface area (Å²) in [7, 11) is 1.78. The Bertz CT molecular complexity index is 601. The van der Waals surface area contributed by atoms with E-state index in [9.17, 15) is 0 Å². The molecule has 0 spiro atoms. The van der Waals surface area contributed by atoms with Crippen molar-refractivity contribution >= 4 is 5.96 Å². The number of rotatable bonds is 8. The van der Waals surface area contributed by atoms with Crippen molar-refractivity contribution in [1.82, 2.24) is 15.6 Å². The van der Waals surface area contributed by atoms with Crippen LogP contribution in [-0.4, -0.2) is 37.2 Å². The van der Waals surface area contributed by atoms with Crippen molar-refractivity contribution in [2.45, 2.75) is 25.8 Å². The Morgan fingerprint density at radius 2 is 2.04 bits per heavy atom. The van der Waals surface area contributed by atoms with E-state index in [-0.39, 0.29) is 0 Å². The van der Waals surface area contributed by atoms with Crippen LogP contribution in [0.1, 0.15) is 18.9 Å². The molecule has 0 fully saturated rings. The molecule has 24 heavy (non-hydrogen) atoms. The second kappa shape index (κ2) is 10.3. The van der Waals surface area contributed by atoms with E-state index in [0.717, 1.165) is 24.6 Å². The molecule has 5 heteroatoms. The van der Waals surface area contributed by atoms with Crippen LogP contribution >= 0.6 is 0 Å². The summed E-state index contributed by atoms with van der Waals surface area (Å²) in [5, 5.41) is 6.67. The van der Waals surface area contributed by atoms with Crippen LogP contribution in [0, 0.1) is 0 Å². The highest BCUT2D eigenvalue weighted by molar-refractivity contribution is 5.79. The number of ether oxygens (including phenoxy) is 1. The third kappa shape index (κ3) is 6.69. The molecule has 1 unspecified atom stereocenters. The first-order valence-corrected chi connectivity index (χ1v) is 8.32. The molecule has 1 atom stereocenters. The summed E-state index contributed by atoms with van der Waals surface area (Å²) in [5.41, 5.74) is 1.36. The molecule has 0 aliphatic carbocycles. The minimum absolute atomic E-state index is 0.343. The van der Waals surface area contributed by atoms with Gasteiger partial charge in [0.25, 0.3) is 0 Å². The lowest BCUT2D eigenvalue weighted by atomic mass is 10.1. The number of hydrogen-bond donors (Lipinski definition) is 2. The molecule has 0 amide bonds. The SMILES string of the molecule is CN=C(NCCOc1cccnc1)NC(C)CCc1ccccc1. The fraction of sp³-hybridized carbons (Fsp3) is 0.368. The van der Waals surface area contributed by atoms with Crippen molar-refractivity contribution in [2.24, 2.45) is 4.99 Å². The summed E-state index contributed by atoms with van der Waals surface area (Å²) < 4.78 is 5.60. The Morgan fingerprint density at radius 1 is 1.21 bits per heavy atom. The lowest BCUT2D eigenvalue weighted by Crippen LogP contribution is -2.43. The summed E-state index contributed by atoms with van der Waals surface area (Å²) >= 11 is 0. The van der Waals surface area contributed by atoms with Gasteiger partial charge in [0.15, 0.2) is 5.96 Å². The van der Waals surface area contributed by atoms with Gasteiger partial charge in [-0.1, -0.05) is 30.3 Å². The third-order valence-corrected chi connectivity index (χ3v) is 3.61.